The predicted molar refractivity (Wildman–Crippen MR) is 75.8 cm³/mol. The first-order valence-electron chi connectivity index (χ1n) is 6.07. The topological polar surface area (TPSA) is 30.5 Å². The number of ether oxygens (including phenoxy) is 2. The van der Waals surface area contributed by atoms with Gasteiger partial charge >= 0.3 is 0 Å². The lowest BCUT2D eigenvalue weighted by Crippen LogP contribution is -2.09. The third-order valence-corrected chi connectivity index (χ3v) is 2.84. The third-order valence-electron chi connectivity index (χ3n) is 2.84. The van der Waals surface area contributed by atoms with Gasteiger partial charge in [0.05, 0.1) is 14.2 Å². The zero-order valence-corrected chi connectivity index (χ0v) is 11.3. The number of nitrogens with one attached hydrogen (secondary N) is 1. The highest BCUT2D eigenvalue weighted by molar-refractivity contribution is 5.99. The molecule has 0 amide bonds. The summed E-state index contributed by atoms with van der Waals surface area (Å²) in [6.45, 7) is 4.25. The second-order valence-electron chi connectivity index (χ2n) is 4.50. The summed E-state index contributed by atoms with van der Waals surface area (Å²) in [5, 5.41) is 5.64. The maximum absolute atomic E-state index is 5.46. The predicted octanol–water partition coefficient (Wildman–Crippen LogP) is 3.68. The van der Waals surface area contributed by atoms with Crippen LogP contribution in [0.3, 0.4) is 0 Å². The standard InChI is InChI=1S/C15H19NO2/c1-10(2)16-13-7-5-6-12-11(13)8-9-14(17-3)15(12)18-4/h5-10,16H,1-4H3. The Morgan fingerprint density at radius 1 is 0.944 bits per heavy atom. The molecule has 2 rings (SSSR count). The second-order valence-corrected chi connectivity index (χ2v) is 4.50. The molecule has 96 valence electrons. The fourth-order valence-corrected chi connectivity index (χ4v) is 2.12. The quantitative estimate of drug-likeness (QED) is 0.891. The monoisotopic (exact) mass is 245 g/mol. The number of methoxy groups -OCH3 is 2. The van der Waals surface area contributed by atoms with E-state index >= 15 is 0 Å². The molecule has 3 nitrogen and oxygen atoms in total. The Kier molecular flexibility index (Phi) is 3.60. The van der Waals surface area contributed by atoms with E-state index in [1.165, 1.54) is 0 Å². The molecule has 0 atom stereocenters. The van der Waals surface area contributed by atoms with Crippen LogP contribution < -0.4 is 14.8 Å². The van der Waals surface area contributed by atoms with Crippen molar-refractivity contribution in [2.75, 3.05) is 19.5 Å². The van der Waals surface area contributed by atoms with Crippen molar-refractivity contribution in [3.63, 3.8) is 0 Å². The van der Waals surface area contributed by atoms with E-state index in [1.54, 1.807) is 14.2 Å². The number of hydrogen-bond donors (Lipinski definition) is 1. The summed E-state index contributed by atoms with van der Waals surface area (Å²) in [5.41, 5.74) is 1.11. The molecule has 0 radical (unpaired) electrons. The summed E-state index contributed by atoms with van der Waals surface area (Å²) in [4.78, 5) is 0. The Bertz CT molecular complexity index is 549. The number of fused-ring (bicyclic) bond motifs is 1. The SMILES string of the molecule is COc1ccc2c(NC(C)C)cccc2c1OC. The van der Waals surface area contributed by atoms with Crippen LogP contribution in [0.5, 0.6) is 11.5 Å². The number of anilines is 1. The molecule has 0 heterocycles. The van der Waals surface area contributed by atoms with Crippen molar-refractivity contribution in [3.05, 3.63) is 30.3 Å². The molecule has 0 spiro atoms. The van der Waals surface area contributed by atoms with E-state index in [0.29, 0.717) is 6.04 Å². The Labute approximate surface area is 108 Å². The normalized spacial score (nSPS) is 10.7. The van der Waals surface area contributed by atoms with Crippen LogP contribution in [0, 0.1) is 0 Å². The van der Waals surface area contributed by atoms with Gasteiger partial charge < -0.3 is 14.8 Å². The Morgan fingerprint density at radius 3 is 2.33 bits per heavy atom. The van der Waals surface area contributed by atoms with Gasteiger partial charge in [-0.25, -0.2) is 0 Å². The fraction of sp³-hybridized carbons (Fsp3) is 0.333. The zero-order chi connectivity index (χ0) is 13.1. The smallest absolute Gasteiger partial charge is 0.168 e. The molecule has 2 aromatic carbocycles. The van der Waals surface area contributed by atoms with Crippen LogP contribution >= 0.6 is 0 Å². The van der Waals surface area contributed by atoms with Crippen molar-refractivity contribution in [1.29, 1.82) is 0 Å². The molecule has 0 fully saturated rings. The van der Waals surface area contributed by atoms with Crippen LogP contribution in [-0.2, 0) is 0 Å². The van der Waals surface area contributed by atoms with Crippen LogP contribution in [0.4, 0.5) is 5.69 Å². The van der Waals surface area contributed by atoms with Crippen molar-refractivity contribution in [2.45, 2.75) is 19.9 Å². The first-order chi connectivity index (χ1) is 8.67. The Hall–Kier alpha value is -1.90. The fourth-order valence-electron chi connectivity index (χ4n) is 2.12. The summed E-state index contributed by atoms with van der Waals surface area (Å²) < 4.78 is 10.8. The van der Waals surface area contributed by atoms with Gasteiger partial charge in [0.15, 0.2) is 11.5 Å². The van der Waals surface area contributed by atoms with Gasteiger partial charge in [-0.3, -0.25) is 0 Å². The van der Waals surface area contributed by atoms with Gasteiger partial charge in [-0.2, -0.15) is 0 Å². The summed E-state index contributed by atoms with van der Waals surface area (Å²) in [6.07, 6.45) is 0. The minimum Gasteiger partial charge on any atom is -0.493 e. The zero-order valence-electron chi connectivity index (χ0n) is 11.3. The lowest BCUT2D eigenvalue weighted by molar-refractivity contribution is 0.358. The summed E-state index contributed by atoms with van der Waals surface area (Å²) in [7, 11) is 3.32. The van der Waals surface area contributed by atoms with Crippen LogP contribution in [-0.4, -0.2) is 20.3 Å². The summed E-state index contributed by atoms with van der Waals surface area (Å²) in [5.74, 6) is 1.54. The van der Waals surface area contributed by atoms with Crippen LogP contribution in [0.2, 0.25) is 0 Å². The number of hydrogen-bond acceptors (Lipinski definition) is 3. The van der Waals surface area contributed by atoms with E-state index in [1.807, 2.05) is 18.2 Å². The van der Waals surface area contributed by atoms with Crippen molar-refractivity contribution in [3.8, 4) is 11.5 Å². The Balaban J connectivity index is 2.65. The van der Waals surface area contributed by atoms with E-state index in [4.69, 9.17) is 9.47 Å². The number of rotatable bonds is 4. The molecule has 1 N–H and O–H groups in total. The van der Waals surface area contributed by atoms with E-state index in [9.17, 15) is 0 Å². The van der Waals surface area contributed by atoms with Gasteiger partial charge in [-0.05, 0) is 32.0 Å². The molecule has 0 aromatic heterocycles. The van der Waals surface area contributed by atoms with Gasteiger partial charge in [0, 0.05) is 22.5 Å². The van der Waals surface area contributed by atoms with E-state index in [0.717, 1.165) is 28.0 Å². The molecule has 0 aliphatic rings. The Morgan fingerprint density at radius 2 is 1.72 bits per heavy atom. The molecular formula is C15H19NO2. The summed E-state index contributed by atoms with van der Waals surface area (Å²) >= 11 is 0. The minimum atomic E-state index is 0.392. The second kappa shape index (κ2) is 5.17. The molecule has 3 heteroatoms. The van der Waals surface area contributed by atoms with Gasteiger partial charge in [-0.1, -0.05) is 12.1 Å². The van der Waals surface area contributed by atoms with Crippen molar-refractivity contribution in [2.24, 2.45) is 0 Å². The van der Waals surface area contributed by atoms with Gasteiger partial charge in [0.1, 0.15) is 0 Å². The van der Waals surface area contributed by atoms with E-state index in [2.05, 4.69) is 31.3 Å². The van der Waals surface area contributed by atoms with Gasteiger partial charge in [0.2, 0.25) is 0 Å². The molecule has 0 bridgehead atoms. The average molecular weight is 245 g/mol. The minimum absolute atomic E-state index is 0.392. The van der Waals surface area contributed by atoms with Crippen molar-refractivity contribution < 1.29 is 9.47 Å². The average Bonchev–Trinajstić information content (AvgIpc) is 2.37. The molecular weight excluding hydrogens is 226 g/mol. The van der Waals surface area contributed by atoms with Gasteiger partial charge in [0.25, 0.3) is 0 Å². The first kappa shape index (κ1) is 12.6. The number of benzene rings is 2. The molecule has 18 heavy (non-hydrogen) atoms. The lowest BCUT2D eigenvalue weighted by Gasteiger charge is -2.15. The van der Waals surface area contributed by atoms with Crippen LogP contribution in [0.25, 0.3) is 10.8 Å². The summed E-state index contributed by atoms with van der Waals surface area (Å²) in [6, 6.07) is 10.5. The molecule has 0 saturated carbocycles. The largest absolute Gasteiger partial charge is 0.493 e. The molecule has 0 unspecified atom stereocenters. The molecule has 0 aliphatic carbocycles. The maximum atomic E-state index is 5.46. The maximum Gasteiger partial charge on any atom is 0.168 e. The van der Waals surface area contributed by atoms with E-state index in [-0.39, 0.29) is 0 Å². The third kappa shape index (κ3) is 2.21. The van der Waals surface area contributed by atoms with Crippen molar-refractivity contribution in [1.82, 2.24) is 0 Å². The highest BCUT2D eigenvalue weighted by Gasteiger charge is 2.11. The van der Waals surface area contributed by atoms with Crippen LogP contribution in [0.15, 0.2) is 30.3 Å². The van der Waals surface area contributed by atoms with E-state index < -0.39 is 0 Å². The highest BCUT2D eigenvalue weighted by atomic mass is 16.5. The van der Waals surface area contributed by atoms with Gasteiger partial charge in [-0.15, -0.1) is 0 Å². The van der Waals surface area contributed by atoms with Crippen LogP contribution in [0.1, 0.15) is 13.8 Å². The lowest BCUT2D eigenvalue weighted by atomic mass is 10.1. The molecule has 0 saturated heterocycles. The first-order valence-corrected chi connectivity index (χ1v) is 6.07. The van der Waals surface area contributed by atoms with Crippen molar-refractivity contribution >= 4 is 16.5 Å². The highest BCUT2D eigenvalue weighted by Crippen LogP contribution is 2.38. The molecule has 0 aliphatic heterocycles. The molecule has 2 aromatic rings.